The molecule has 0 amide bonds. The second kappa shape index (κ2) is 5.27. The van der Waals surface area contributed by atoms with Crippen molar-refractivity contribution in [2.75, 3.05) is 6.54 Å². The van der Waals surface area contributed by atoms with E-state index < -0.39 is 0 Å². The van der Waals surface area contributed by atoms with E-state index in [-0.39, 0.29) is 0 Å². The minimum atomic E-state index is 0.567. The summed E-state index contributed by atoms with van der Waals surface area (Å²) >= 11 is 1.68. The van der Waals surface area contributed by atoms with Gasteiger partial charge < -0.3 is 5.32 Å². The van der Waals surface area contributed by atoms with Crippen LogP contribution in [0, 0.1) is 6.92 Å². The second-order valence-electron chi connectivity index (χ2n) is 3.93. The van der Waals surface area contributed by atoms with Gasteiger partial charge in [0.15, 0.2) is 0 Å². The first-order valence-electron chi connectivity index (χ1n) is 5.46. The number of nitrogens with zero attached hydrogens (tertiary/aromatic N) is 2. The molecule has 0 spiro atoms. The zero-order valence-corrected chi connectivity index (χ0v) is 10.2. The fourth-order valence-electron chi connectivity index (χ4n) is 1.33. The van der Waals surface area contributed by atoms with Crippen molar-refractivity contribution in [2.24, 2.45) is 10.8 Å². The van der Waals surface area contributed by atoms with Crippen LogP contribution in [0.2, 0.25) is 0 Å². The third kappa shape index (κ3) is 3.46. The van der Waals surface area contributed by atoms with Gasteiger partial charge in [0.25, 0.3) is 0 Å². The molecular formula is C10H17N5S. The molecule has 16 heavy (non-hydrogen) atoms. The number of nitrogens with two attached hydrogens (primary N) is 1. The maximum atomic E-state index is 5.38. The average Bonchev–Trinajstić information content (AvgIpc) is 3.00. The lowest BCUT2D eigenvalue weighted by molar-refractivity contribution is 0.815. The van der Waals surface area contributed by atoms with Crippen molar-refractivity contribution >= 4 is 17.3 Å². The van der Waals surface area contributed by atoms with Gasteiger partial charge in [-0.15, -0.1) is 11.3 Å². The molecule has 1 aromatic heterocycles. The number of aromatic nitrogens is 1. The highest BCUT2D eigenvalue weighted by Crippen LogP contribution is 2.18. The number of hydrogen-bond donors (Lipinski definition) is 3. The molecule has 1 aliphatic rings. The van der Waals surface area contributed by atoms with Gasteiger partial charge in [0.2, 0.25) is 5.96 Å². The quantitative estimate of drug-likeness (QED) is 0.311. The van der Waals surface area contributed by atoms with Crippen LogP contribution in [0.15, 0.2) is 10.4 Å². The second-order valence-corrected chi connectivity index (χ2v) is 4.87. The predicted octanol–water partition coefficient (Wildman–Crippen LogP) is 0.565. The summed E-state index contributed by atoms with van der Waals surface area (Å²) in [5, 5.41) is 6.42. The first-order chi connectivity index (χ1) is 7.78. The highest BCUT2D eigenvalue weighted by atomic mass is 32.1. The fourth-order valence-corrected chi connectivity index (χ4v) is 2.10. The Bertz CT molecular complexity index is 369. The molecule has 0 aromatic carbocycles. The number of hydrogen-bond acceptors (Lipinski definition) is 4. The number of aliphatic imine (C=N–C) groups is 1. The van der Waals surface area contributed by atoms with Crippen molar-refractivity contribution in [1.29, 1.82) is 0 Å². The molecule has 1 aliphatic carbocycles. The Morgan fingerprint density at radius 3 is 3.06 bits per heavy atom. The van der Waals surface area contributed by atoms with Crippen LogP contribution in [0.3, 0.4) is 0 Å². The van der Waals surface area contributed by atoms with E-state index in [0.29, 0.717) is 18.5 Å². The molecule has 4 N–H and O–H groups in total. The van der Waals surface area contributed by atoms with E-state index in [2.05, 4.69) is 26.1 Å². The molecular weight excluding hydrogens is 222 g/mol. The van der Waals surface area contributed by atoms with Gasteiger partial charge >= 0.3 is 0 Å². The van der Waals surface area contributed by atoms with Crippen LogP contribution in [-0.2, 0) is 6.42 Å². The Morgan fingerprint density at radius 1 is 1.69 bits per heavy atom. The Morgan fingerprint density at radius 2 is 2.50 bits per heavy atom. The van der Waals surface area contributed by atoms with E-state index >= 15 is 0 Å². The smallest absolute Gasteiger partial charge is 0.205 e. The number of rotatable bonds is 4. The molecule has 6 heteroatoms. The lowest BCUT2D eigenvalue weighted by Crippen LogP contribution is -2.42. The van der Waals surface area contributed by atoms with E-state index in [1.807, 2.05) is 6.92 Å². The minimum Gasteiger partial charge on any atom is -0.353 e. The van der Waals surface area contributed by atoms with Crippen LogP contribution < -0.4 is 16.6 Å². The summed E-state index contributed by atoms with van der Waals surface area (Å²) < 4.78 is 0. The molecule has 0 atom stereocenters. The third-order valence-corrected chi connectivity index (χ3v) is 3.34. The van der Waals surface area contributed by atoms with Gasteiger partial charge in [-0.2, -0.15) is 0 Å². The standard InChI is InChI=1S/C10H17N5S/c1-7-6-16-9(13-7)4-5-12-10(15-11)14-8-2-3-8/h6,8H,2-5,11H2,1H3,(H2,12,14,15). The van der Waals surface area contributed by atoms with Crippen LogP contribution in [0.5, 0.6) is 0 Å². The highest BCUT2D eigenvalue weighted by molar-refractivity contribution is 7.09. The maximum absolute atomic E-state index is 5.38. The molecule has 1 saturated carbocycles. The van der Waals surface area contributed by atoms with Crippen molar-refractivity contribution in [3.63, 3.8) is 0 Å². The van der Waals surface area contributed by atoms with Gasteiger partial charge in [-0.25, -0.2) is 10.8 Å². The molecule has 1 aromatic rings. The first-order valence-corrected chi connectivity index (χ1v) is 6.34. The van der Waals surface area contributed by atoms with Gasteiger partial charge in [0, 0.05) is 30.1 Å². The first kappa shape index (κ1) is 11.3. The van der Waals surface area contributed by atoms with Crippen LogP contribution >= 0.6 is 11.3 Å². The van der Waals surface area contributed by atoms with Crippen molar-refractivity contribution in [3.05, 3.63) is 16.1 Å². The van der Waals surface area contributed by atoms with Crippen LogP contribution in [0.4, 0.5) is 0 Å². The Kier molecular flexibility index (Phi) is 3.74. The van der Waals surface area contributed by atoms with Gasteiger partial charge in [-0.3, -0.25) is 10.4 Å². The fraction of sp³-hybridized carbons (Fsp3) is 0.600. The van der Waals surface area contributed by atoms with E-state index in [9.17, 15) is 0 Å². The number of aryl methyl sites for hydroxylation is 1. The summed E-state index contributed by atoms with van der Waals surface area (Å²) in [5.74, 6) is 6.07. The lowest BCUT2D eigenvalue weighted by atomic mass is 10.4. The van der Waals surface area contributed by atoms with Gasteiger partial charge in [-0.05, 0) is 19.8 Å². The molecule has 0 saturated heterocycles. The Hall–Kier alpha value is -1.14. The molecule has 5 nitrogen and oxygen atoms in total. The predicted molar refractivity (Wildman–Crippen MR) is 66.3 cm³/mol. The van der Waals surface area contributed by atoms with Crippen molar-refractivity contribution in [1.82, 2.24) is 15.7 Å². The SMILES string of the molecule is Cc1csc(CCN=C(NN)NC2CC2)n1. The molecule has 0 radical (unpaired) electrons. The molecule has 1 fully saturated rings. The highest BCUT2D eigenvalue weighted by Gasteiger charge is 2.21. The zero-order valence-electron chi connectivity index (χ0n) is 9.36. The lowest BCUT2D eigenvalue weighted by Gasteiger charge is -2.06. The normalized spacial score (nSPS) is 16.2. The molecule has 2 rings (SSSR count). The topological polar surface area (TPSA) is 75.3 Å². The van der Waals surface area contributed by atoms with E-state index in [1.54, 1.807) is 11.3 Å². The monoisotopic (exact) mass is 239 g/mol. The summed E-state index contributed by atoms with van der Waals surface area (Å²) in [4.78, 5) is 8.75. The Balaban J connectivity index is 1.77. The molecule has 0 bridgehead atoms. The minimum absolute atomic E-state index is 0.567. The zero-order chi connectivity index (χ0) is 11.4. The van der Waals surface area contributed by atoms with Crippen molar-refractivity contribution < 1.29 is 0 Å². The summed E-state index contributed by atoms with van der Waals surface area (Å²) in [5.41, 5.74) is 3.67. The average molecular weight is 239 g/mol. The van der Waals surface area contributed by atoms with Crippen LogP contribution in [0.1, 0.15) is 23.5 Å². The molecule has 1 heterocycles. The van der Waals surface area contributed by atoms with Crippen molar-refractivity contribution in [2.45, 2.75) is 32.2 Å². The third-order valence-electron chi connectivity index (χ3n) is 2.32. The van der Waals surface area contributed by atoms with Gasteiger partial charge in [0.05, 0.1) is 5.01 Å². The van der Waals surface area contributed by atoms with Gasteiger partial charge in [-0.1, -0.05) is 0 Å². The molecule has 88 valence electrons. The molecule has 0 unspecified atom stereocenters. The summed E-state index contributed by atoms with van der Waals surface area (Å²) in [6.45, 7) is 2.72. The van der Waals surface area contributed by atoms with Gasteiger partial charge in [0.1, 0.15) is 0 Å². The van der Waals surface area contributed by atoms with E-state index in [4.69, 9.17) is 5.84 Å². The molecule has 0 aliphatic heterocycles. The summed E-state index contributed by atoms with van der Waals surface area (Å²) in [6, 6.07) is 0.567. The number of thiazole rings is 1. The number of nitrogens with one attached hydrogen (secondary N) is 2. The van der Waals surface area contributed by atoms with E-state index in [1.165, 1.54) is 12.8 Å². The summed E-state index contributed by atoms with van der Waals surface area (Å²) in [7, 11) is 0. The Labute approximate surface area is 99.1 Å². The van der Waals surface area contributed by atoms with Crippen LogP contribution in [-0.4, -0.2) is 23.5 Å². The summed E-state index contributed by atoms with van der Waals surface area (Å²) in [6.07, 6.45) is 3.30. The van der Waals surface area contributed by atoms with Crippen molar-refractivity contribution in [3.8, 4) is 0 Å². The van der Waals surface area contributed by atoms with E-state index in [0.717, 1.165) is 17.1 Å². The number of guanidine groups is 1. The largest absolute Gasteiger partial charge is 0.353 e. The maximum Gasteiger partial charge on any atom is 0.205 e. The van der Waals surface area contributed by atoms with Crippen LogP contribution in [0.25, 0.3) is 0 Å². The number of hydrazine groups is 1.